The smallest absolute Gasteiger partial charge is 0.303 e. The Morgan fingerprint density at radius 3 is 1.77 bits per heavy atom. The third-order valence-electron chi connectivity index (χ3n) is 6.18. The van der Waals surface area contributed by atoms with Crippen LogP contribution in [-0.4, -0.2) is 44.4 Å². The zero-order valence-corrected chi connectivity index (χ0v) is 18.3. The quantitative estimate of drug-likeness (QED) is 0.599. The molecule has 1 saturated heterocycles. The highest BCUT2D eigenvalue weighted by Crippen LogP contribution is 2.41. The molecule has 0 bridgehead atoms. The van der Waals surface area contributed by atoms with E-state index < -0.39 is 17.0 Å². The summed E-state index contributed by atoms with van der Waals surface area (Å²) in [7, 11) is 0. The number of carbonyl (C=O) groups excluding carboxylic acids is 1. The van der Waals surface area contributed by atoms with Gasteiger partial charge in [-0.3, -0.25) is 9.59 Å². The maximum atomic E-state index is 12.4. The summed E-state index contributed by atoms with van der Waals surface area (Å²) < 4.78 is 0. The number of hydroxylamine groups is 2. The number of carboxylic acids is 1. The summed E-state index contributed by atoms with van der Waals surface area (Å²) in [5.41, 5.74) is 1.05. The molecule has 2 unspecified atom stereocenters. The molecule has 0 aromatic heterocycles. The first-order valence-corrected chi connectivity index (χ1v) is 10.8. The number of amides is 1. The lowest BCUT2D eigenvalue weighted by Gasteiger charge is -2.54. The fourth-order valence-corrected chi connectivity index (χ4v) is 4.95. The summed E-state index contributed by atoms with van der Waals surface area (Å²) in [6.07, 6.45) is 2.18. The normalized spacial score (nSPS) is 26.4. The molecule has 3 rings (SSSR count). The Morgan fingerprint density at radius 2 is 1.35 bits per heavy atom. The van der Waals surface area contributed by atoms with Crippen LogP contribution < -0.4 is 5.32 Å². The molecule has 0 aliphatic carbocycles. The Kier molecular flexibility index (Phi) is 7.13. The molecule has 166 valence electrons. The number of piperidine rings is 1. The van der Waals surface area contributed by atoms with Crippen molar-refractivity contribution in [2.24, 2.45) is 0 Å². The zero-order chi connectivity index (χ0) is 22.5. The Hall–Kier alpha value is -2.70. The molecule has 31 heavy (non-hydrogen) atoms. The summed E-state index contributed by atoms with van der Waals surface area (Å²) in [5, 5.41) is 24.9. The first-order chi connectivity index (χ1) is 14.7. The van der Waals surface area contributed by atoms with Crippen LogP contribution in [0.15, 0.2) is 60.7 Å². The van der Waals surface area contributed by atoms with Crippen LogP contribution in [0.4, 0.5) is 0 Å². The fourth-order valence-electron chi connectivity index (χ4n) is 4.95. The van der Waals surface area contributed by atoms with Crippen molar-refractivity contribution in [3.63, 3.8) is 0 Å². The molecule has 0 radical (unpaired) electrons. The summed E-state index contributed by atoms with van der Waals surface area (Å²) in [5.74, 6) is -1.24. The topological polar surface area (TPSA) is 89.9 Å². The van der Waals surface area contributed by atoms with Gasteiger partial charge >= 0.3 is 5.97 Å². The molecular formula is C25H32N2O4. The molecule has 6 heteroatoms. The van der Waals surface area contributed by atoms with Crippen LogP contribution in [0.5, 0.6) is 0 Å². The minimum Gasteiger partial charge on any atom is -0.481 e. The molecule has 0 saturated carbocycles. The van der Waals surface area contributed by atoms with Gasteiger partial charge in [-0.15, -0.1) is 0 Å². The largest absolute Gasteiger partial charge is 0.481 e. The predicted molar refractivity (Wildman–Crippen MR) is 119 cm³/mol. The second kappa shape index (κ2) is 9.62. The van der Waals surface area contributed by atoms with Crippen LogP contribution in [0.1, 0.15) is 50.7 Å². The van der Waals surface area contributed by atoms with Gasteiger partial charge in [0.15, 0.2) is 0 Å². The predicted octanol–water partition coefficient (Wildman–Crippen LogP) is 3.82. The number of hydrogen-bond acceptors (Lipinski definition) is 4. The number of nitrogens with zero attached hydrogens (tertiary/aromatic N) is 1. The molecule has 1 amide bonds. The average Bonchev–Trinajstić information content (AvgIpc) is 2.72. The number of benzene rings is 2. The molecule has 2 atom stereocenters. The van der Waals surface area contributed by atoms with Crippen LogP contribution in [-0.2, 0) is 22.4 Å². The maximum absolute atomic E-state index is 12.4. The van der Waals surface area contributed by atoms with Crippen molar-refractivity contribution >= 4 is 11.9 Å². The monoisotopic (exact) mass is 424 g/mol. The number of rotatable bonds is 8. The Labute approximate surface area is 183 Å². The SMILES string of the molecule is CC1(Cc2ccccc2)CC(NC(=O)CCC(=O)O)CC(C)(Cc2ccccc2)N1O. The van der Waals surface area contributed by atoms with Crippen molar-refractivity contribution in [2.45, 2.75) is 69.5 Å². The van der Waals surface area contributed by atoms with E-state index in [9.17, 15) is 14.8 Å². The molecule has 2 aromatic carbocycles. The molecule has 0 spiro atoms. The molecule has 3 N–H and O–H groups in total. The summed E-state index contributed by atoms with van der Waals surface area (Å²) in [4.78, 5) is 23.2. The summed E-state index contributed by atoms with van der Waals surface area (Å²) in [6.45, 7) is 4.05. The number of hydrogen-bond donors (Lipinski definition) is 3. The first kappa shape index (κ1) is 23.0. The third-order valence-corrected chi connectivity index (χ3v) is 6.18. The second-order valence-corrected chi connectivity index (χ2v) is 9.20. The van der Waals surface area contributed by atoms with Crippen molar-refractivity contribution in [1.29, 1.82) is 0 Å². The van der Waals surface area contributed by atoms with Crippen molar-refractivity contribution in [3.05, 3.63) is 71.8 Å². The van der Waals surface area contributed by atoms with Crippen LogP contribution in [0.3, 0.4) is 0 Å². The summed E-state index contributed by atoms with van der Waals surface area (Å²) in [6, 6.07) is 19.9. The van der Waals surface area contributed by atoms with E-state index in [0.29, 0.717) is 25.7 Å². The van der Waals surface area contributed by atoms with E-state index in [1.54, 1.807) is 0 Å². The third kappa shape index (κ3) is 5.93. The van der Waals surface area contributed by atoms with Gasteiger partial charge in [-0.2, -0.15) is 5.06 Å². The number of carbonyl (C=O) groups is 2. The van der Waals surface area contributed by atoms with E-state index in [1.807, 2.05) is 74.5 Å². The van der Waals surface area contributed by atoms with Gasteiger partial charge in [0.1, 0.15) is 0 Å². The van der Waals surface area contributed by atoms with Gasteiger partial charge in [-0.1, -0.05) is 60.7 Å². The minimum atomic E-state index is -0.983. The molecule has 1 fully saturated rings. The fraction of sp³-hybridized carbons (Fsp3) is 0.440. The number of aliphatic carboxylic acids is 1. The molecule has 6 nitrogen and oxygen atoms in total. The van der Waals surface area contributed by atoms with Crippen molar-refractivity contribution in [1.82, 2.24) is 10.4 Å². The van der Waals surface area contributed by atoms with Crippen LogP contribution >= 0.6 is 0 Å². The van der Waals surface area contributed by atoms with E-state index >= 15 is 0 Å². The lowest BCUT2D eigenvalue weighted by Crippen LogP contribution is -2.66. The van der Waals surface area contributed by atoms with E-state index in [1.165, 1.54) is 5.06 Å². The standard InChI is InChI=1S/C25H32N2O4/c1-24(15-19-9-5-3-6-10-19)17-21(26-22(28)13-14-23(29)30)18-25(2,27(24)31)16-20-11-7-4-8-12-20/h3-12,21,31H,13-18H2,1-2H3,(H,26,28)(H,29,30). The first-order valence-electron chi connectivity index (χ1n) is 10.8. The number of carboxylic acid groups (broad SMARTS) is 1. The molecule has 1 aliphatic heterocycles. The molecule has 1 aliphatic rings. The number of nitrogens with one attached hydrogen (secondary N) is 1. The minimum absolute atomic E-state index is 0.0422. The highest BCUT2D eigenvalue weighted by Gasteiger charge is 2.50. The lowest BCUT2D eigenvalue weighted by atomic mass is 9.72. The van der Waals surface area contributed by atoms with Gasteiger partial charge < -0.3 is 15.6 Å². The maximum Gasteiger partial charge on any atom is 0.303 e. The van der Waals surface area contributed by atoms with E-state index in [-0.39, 0.29) is 24.8 Å². The Bertz CT molecular complexity index is 831. The van der Waals surface area contributed by atoms with Gasteiger partial charge in [-0.05, 0) is 50.7 Å². The highest BCUT2D eigenvalue weighted by atomic mass is 16.5. The lowest BCUT2D eigenvalue weighted by molar-refractivity contribution is -0.256. The second-order valence-electron chi connectivity index (χ2n) is 9.20. The van der Waals surface area contributed by atoms with Crippen molar-refractivity contribution in [2.75, 3.05) is 0 Å². The van der Waals surface area contributed by atoms with Gasteiger partial charge in [0.2, 0.25) is 5.91 Å². The average molecular weight is 425 g/mol. The zero-order valence-electron chi connectivity index (χ0n) is 18.3. The van der Waals surface area contributed by atoms with Crippen molar-refractivity contribution in [3.8, 4) is 0 Å². The molecule has 1 heterocycles. The summed E-state index contributed by atoms with van der Waals surface area (Å²) >= 11 is 0. The molecular weight excluding hydrogens is 392 g/mol. The van der Waals surface area contributed by atoms with Gasteiger partial charge in [0, 0.05) is 23.5 Å². The van der Waals surface area contributed by atoms with Gasteiger partial charge in [0.25, 0.3) is 0 Å². The van der Waals surface area contributed by atoms with Gasteiger partial charge in [-0.25, -0.2) is 0 Å². The van der Waals surface area contributed by atoms with Crippen LogP contribution in [0, 0.1) is 0 Å². The van der Waals surface area contributed by atoms with E-state index in [4.69, 9.17) is 5.11 Å². The van der Waals surface area contributed by atoms with E-state index in [2.05, 4.69) is 5.32 Å². The highest BCUT2D eigenvalue weighted by molar-refractivity contribution is 5.80. The molecule has 2 aromatic rings. The Morgan fingerprint density at radius 1 is 0.903 bits per heavy atom. The Balaban J connectivity index is 1.85. The van der Waals surface area contributed by atoms with Crippen molar-refractivity contribution < 1.29 is 19.9 Å². The van der Waals surface area contributed by atoms with Crippen LogP contribution in [0.2, 0.25) is 0 Å². The van der Waals surface area contributed by atoms with Crippen LogP contribution in [0.25, 0.3) is 0 Å². The van der Waals surface area contributed by atoms with E-state index in [0.717, 1.165) is 11.1 Å². The van der Waals surface area contributed by atoms with Gasteiger partial charge in [0.05, 0.1) is 6.42 Å².